The topological polar surface area (TPSA) is 65.0 Å². The van der Waals surface area contributed by atoms with Gasteiger partial charge in [-0.1, -0.05) is 20.4 Å². The minimum Gasteiger partial charge on any atom is -0.459 e. The molecule has 4 unspecified atom stereocenters. The SMILES string of the molecule is C=C(C)C(=O)OC1CCC(C(CC)(CC)OC2(C)COC(C)(O)C2)C1. The van der Waals surface area contributed by atoms with Crippen LogP contribution in [0.1, 0.15) is 73.1 Å². The molecule has 0 spiro atoms. The molecular weight excluding hydrogens is 320 g/mol. The molecule has 0 amide bonds. The summed E-state index contributed by atoms with van der Waals surface area (Å²) in [4.78, 5) is 11.8. The second-order valence-electron chi connectivity index (χ2n) is 8.28. The summed E-state index contributed by atoms with van der Waals surface area (Å²) in [5.74, 6) is -1.11. The van der Waals surface area contributed by atoms with Crippen LogP contribution in [0.2, 0.25) is 0 Å². The average Bonchev–Trinajstić information content (AvgIpc) is 3.09. The number of ether oxygens (including phenoxy) is 3. The molecule has 1 aliphatic carbocycles. The van der Waals surface area contributed by atoms with Crippen molar-refractivity contribution in [1.29, 1.82) is 0 Å². The lowest BCUT2D eigenvalue weighted by atomic mass is 9.80. The number of carbonyl (C=O) groups excluding carboxylic acids is 1. The van der Waals surface area contributed by atoms with E-state index in [1.54, 1.807) is 13.8 Å². The van der Waals surface area contributed by atoms with Crippen molar-refractivity contribution >= 4 is 5.97 Å². The van der Waals surface area contributed by atoms with Crippen LogP contribution in [0.15, 0.2) is 12.2 Å². The molecule has 4 atom stereocenters. The van der Waals surface area contributed by atoms with Gasteiger partial charge in [0.05, 0.1) is 17.8 Å². The molecule has 0 aromatic carbocycles. The van der Waals surface area contributed by atoms with Gasteiger partial charge in [-0.15, -0.1) is 0 Å². The maximum Gasteiger partial charge on any atom is 0.333 e. The number of aliphatic hydroxyl groups is 1. The zero-order valence-corrected chi connectivity index (χ0v) is 16.4. The third-order valence-electron chi connectivity index (χ3n) is 5.79. The molecule has 2 rings (SSSR count). The summed E-state index contributed by atoms with van der Waals surface area (Å²) in [6.07, 6.45) is 4.81. The Bertz CT molecular complexity index is 508. The lowest BCUT2D eigenvalue weighted by Gasteiger charge is -2.43. The van der Waals surface area contributed by atoms with Crippen molar-refractivity contribution in [2.24, 2.45) is 5.92 Å². The first-order chi connectivity index (χ1) is 11.5. The zero-order valence-electron chi connectivity index (χ0n) is 16.4. The van der Waals surface area contributed by atoms with Gasteiger partial charge in [0.2, 0.25) is 0 Å². The van der Waals surface area contributed by atoms with Crippen LogP contribution in [0.25, 0.3) is 0 Å². The van der Waals surface area contributed by atoms with Crippen molar-refractivity contribution in [2.45, 2.75) is 96.2 Å². The summed E-state index contributed by atoms with van der Waals surface area (Å²) in [7, 11) is 0. The molecule has 0 radical (unpaired) electrons. The summed E-state index contributed by atoms with van der Waals surface area (Å²) >= 11 is 0. The largest absolute Gasteiger partial charge is 0.459 e. The fourth-order valence-electron chi connectivity index (χ4n) is 4.49. The highest BCUT2D eigenvalue weighted by atomic mass is 16.7. The van der Waals surface area contributed by atoms with Gasteiger partial charge in [0.25, 0.3) is 0 Å². The number of hydrogen-bond donors (Lipinski definition) is 1. The van der Waals surface area contributed by atoms with Crippen LogP contribution < -0.4 is 0 Å². The maximum atomic E-state index is 11.8. The van der Waals surface area contributed by atoms with Gasteiger partial charge in [0.15, 0.2) is 5.79 Å². The van der Waals surface area contributed by atoms with Crippen molar-refractivity contribution in [1.82, 2.24) is 0 Å². The van der Waals surface area contributed by atoms with Gasteiger partial charge in [-0.05, 0) is 58.8 Å². The van der Waals surface area contributed by atoms with Crippen LogP contribution >= 0.6 is 0 Å². The smallest absolute Gasteiger partial charge is 0.333 e. The third kappa shape index (κ3) is 4.63. The van der Waals surface area contributed by atoms with E-state index in [1.165, 1.54) is 0 Å². The van der Waals surface area contributed by atoms with Crippen molar-refractivity contribution in [3.05, 3.63) is 12.2 Å². The first-order valence-corrected chi connectivity index (χ1v) is 9.48. The number of hydrogen-bond acceptors (Lipinski definition) is 5. The highest BCUT2D eigenvalue weighted by Gasteiger charge is 2.51. The number of carbonyl (C=O) groups is 1. The minimum atomic E-state index is -1.13. The van der Waals surface area contributed by atoms with E-state index in [-0.39, 0.29) is 17.7 Å². The summed E-state index contributed by atoms with van der Waals surface area (Å²) in [5, 5.41) is 10.2. The summed E-state index contributed by atoms with van der Waals surface area (Å²) < 4.78 is 17.7. The zero-order chi connectivity index (χ0) is 18.9. The molecule has 5 nitrogen and oxygen atoms in total. The molecule has 1 N–H and O–H groups in total. The monoisotopic (exact) mass is 354 g/mol. The van der Waals surface area contributed by atoms with E-state index in [0.29, 0.717) is 24.5 Å². The molecule has 2 aliphatic rings. The molecule has 0 aromatic rings. The fourth-order valence-corrected chi connectivity index (χ4v) is 4.49. The van der Waals surface area contributed by atoms with Crippen LogP contribution in [-0.2, 0) is 19.0 Å². The van der Waals surface area contributed by atoms with Gasteiger partial charge >= 0.3 is 5.97 Å². The predicted molar refractivity (Wildman–Crippen MR) is 96.0 cm³/mol. The molecule has 5 heteroatoms. The Hall–Kier alpha value is -0.910. The van der Waals surface area contributed by atoms with E-state index < -0.39 is 11.4 Å². The third-order valence-corrected chi connectivity index (χ3v) is 5.79. The Morgan fingerprint density at radius 3 is 2.44 bits per heavy atom. The highest BCUT2D eigenvalue weighted by molar-refractivity contribution is 5.87. The number of rotatable bonds is 7. The summed E-state index contributed by atoms with van der Waals surface area (Å²) in [6, 6.07) is 0. The molecule has 1 aliphatic heterocycles. The Kier molecular flexibility index (Phi) is 6.02. The molecule has 25 heavy (non-hydrogen) atoms. The van der Waals surface area contributed by atoms with Gasteiger partial charge < -0.3 is 19.3 Å². The molecular formula is C20H34O5. The van der Waals surface area contributed by atoms with E-state index in [9.17, 15) is 9.90 Å². The van der Waals surface area contributed by atoms with Crippen molar-refractivity contribution < 1.29 is 24.1 Å². The van der Waals surface area contributed by atoms with E-state index in [0.717, 1.165) is 32.1 Å². The van der Waals surface area contributed by atoms with E-state index in [1.807, 2.05) is 6.92 Å². The van der Waals surface area contributed by atoms with Gasteiger partial charge in [-0.3, -0.25) is 0 Å². The molecule has 144 valence electrons. The van der Waals surface area contributed by atoms with Crippen LogP contribution in [0.5, 0.6) is 0 Å². The van der Waals surface area contributed by atoms with Crippen molar-refractivity contribution in [3.8, 4) is 0 Å². The Labute approximate surface area is 151 Å². The Morgan fingerprint density at radius 2 is 1.96 bits per heavy atom. The van der Waals surface area contributed by atoms with Crippen LogP contribution in [-0.4, -0.2) is 40.8 Å². The van der Waals surface area contributed by atoms with Crippen LogP contribution in [0, 0.1) is 5.92 Å². The molecule has 1 heterocycles. The van der Waals surface area contributed by atoms with Crippen molar-refractivity contribution in [3.63, 3.8) is 0 Å². The fraction of sp³-hybridized carbons (Fsp3) is 0.850. The first kappa shape index (κ1) is 20.4. The standard InChI is InChI=1S/C20H34O5/c1-7-20(8-2,25-18(5)12-19(6,22)23-13-18)15-9-10-16(11-15)24-17(21)14(3)4/h15-16,22H,3,7-13H2,1-2,4-6H3. The van der Waals surface area contributed by atoms with Crippen molar-refractivity contribution in [2.75, 3.05) is 6.61 Å². The first-order valence-electron chi connectivity index (χ1n) is 9.48. The Morgan fingerprint density at radius 1 is 1.32 bits per heavy atom. The second-order valence-corrected chi connectivity index (χ2v) is 8.28. The highest BCUT2D eigenvalue weighted by Crippen LogP contribution is 2.46. The van der Waals surface area contributed by atoms with Gasteiger partial charge in [0, 0.05) is 12.0 Å². The van der Waals surface area contributed by atoms with E-state index in [4.69, 9.17) is 14.2 Å². The van der Waals surface area contributed by atoms with Crippen LogP contribution in [0.3, 0.4) is 0 Å². The van der Waals surface area contributed by atoms with E-state index in [2.05, 4.69) is 20.4 Å². The lowest BCUT2D eigenvalue weighted by Crippen LogP contribution is -2.48. The quantitative estimate of drug-likeness (QED) is 0.557. The predicted octanol–water partition coefficient (Wildman–Crippen LogP) is 3.74. The lowest BCUT2D eigenvalue weighted by molar-refractivity contribution is -0.179. The van der Waals surface area contributed by atoms with Gasteiger partial charge in [0.1, 0.15) is 6.10 Å². The minimum absolute atomic E-state index is 0.0639. The van der Waals surface area contributed by atoms with Crippen LogP contribution in [0.4, 0.5) is 0 Å². The van der Waals surface area contributed by atoms with E-state index >= 15 is 0 Å². The maximum absolute atomic E-state index is 11.8. The average molecular weight is 354 g/mol. The van der Waals surface area contributed by atoms with Gasteiger partial charge in [-0.2, -0.15) is 0 Å². The molecule has 2 fully saturated rings. The Balaban J connectivity index is 2.07. The summed E-state index contributed by atoms with van der Waals surface area (Å²) in [5.41, 5.74) is -0.347. The molecule has 0 aromatic heterocycles. The normalized spacial score (nSPS) is 35.8. The second kappa shape index (κ2) is 7.37. The molecule has 1 saturated heterocycles. The summed E-state index contributed by atoms with van der Waals surface area (Å²) in [6.45, 7) is 13.7. The number of esters is 1. The molecule has 0 bridgehead atoms. The van der Waals surface area contributed by atoms with Gasteiger partial charge in [-0.25, -0.2) is 4.79 Å². The molecule has 1 saturated carbocycles.